The molecule has 35 heavy (non-hydrogen) atoms. The van der Waals surface area contributed by atoms with Crippen LogP contribution in [0.2, 0.25) is 0 Å². The summed E-state index contributed by atoms with van der Waals surface area (Å²) in [6, 6.07) is 40.0. The van der Waals surface area contributed by atoms with E-state index in [0.29, 0.717) is 6.61 Å². The topological polar surface area (TPSA) is 27.7 Å². The number of halogens is 1. The van der Waals surface area contributed by atoms with Gasteiger partial charge in [-0.15, -0.1) is 0 Å². The van der Waals surface area contributed by atoms with Gasteiger partial charge in [0.2, 0.25) is 0 Å². The van der Waals surface area contributed by atoms with Gasteiger partial charge in [-0.25, -0.2) is 4.39 Å². The summed E-state index contributed by atoms with van der Waals surface area (Å²) in [5.74, 6) is 0. The molecule has 0 unspecified atom stereocenters. The van der Waals surface area contributed by atoms with Gasteiger partial charge in [0.05, 0.1) is 19.8 Å². The maximum absolute atomic E-state index is 15.4. The van der Waals surface area contributed by atoms with Crippen molar-refractivity contribution in [2.24, 2.45) is 0 Å². The second kappa shape index (κ2) is 11.0. The highest BCUT2D eigenvalue weighted by Crippen LogP contribution is 2.41. The van der Waals surface area contributed by atoms with E-state index in [1.54, 1.807) is 0 Å². The molecule has 1 aliphatic heterocycles. The highest BCUT2D eigenvalue weighted by atomic mass is 19.1. The number of rotatable bonds is 9. The van der Waals surface area contributed by atoms with E-state index in [0.717, 1.165) is 22.3 Å². The van der Waals surface area contributed by atoms with Gasteiger partial charge < -0.3 is 14.2 Å². The molecule has 4 heteroatoms. The minimum atomic E-state index is -1.28. The van der Waals surface area contributed by atoms with E-state index >= 15 is 4.39 Å². The molecule has 0 aromatic heterocycles. The molecule has 1 fully saturated rings. The molecule has 0 aliphatic carbocycles. The van der Waals surface area contributed by atoms with Gasteiger partial charge in [0.1, 0.15) is 17.8 Å². The van der Waals surface area contributed by atoms with Crippen molar-refractivity contribution in [2.45, 2.75) is 30.6 Å². The van der Waals surface area contributed by atoms with Crippen LogP contribution in [0.3, 0.4) is 0 Å². The molecule has 0 saturated carbocycles. The Bertz CT molecular complexity index is 1070. The average Bonchev–Trinajstić information content (AvgIpc) is 3.29. The summed E-state index contributed by atoms with van der Waals surface area (Å²) in [6.45, 7) is 0.646. The van der Waals surface area contributed by atoms with Gasteiger partial charge >= 0.3 is 0 Å². The van der Waals surface area contributed by atoms with E-state index in [9.17, 15) is 0 Å². The normalized spacial score (nSPS) is 20.1. The number of alkyl halides is 1. The zero-order valence-electron chi connectivity index (χ0n) is 19.5. The Morgan fingerprint density at radius 3 is 1.63 bits per heavy atom. The summed E-state index contributed by atoms with van der Waals surface area (Å²) < 4.78 is 33.8. The molecule has 4 aromatic rings. The summed E-state index contributed by atoms with van der Waals surface area (Å²) in [6.07, 6.45) is -2.62. The molecule has 0 radical (unpaired) electrons. The third-order valence-electron chi connectivity index (χ3n) is 6.50. The maximum Gasteiger partial charge on any atom is 0.157 e. The quantitative estimate of drug-likeness (QED) is 0.269. The van der Waals surface area contributed by atoms with Gasteiger partial charge in [-0.05, 0) is 22.3 Å². The smallest absolute Gasteiger partial charge is 0.157 e. The van der Waals surface area contributed by atoms with Gasteiger partial charge in [-0.3, -0.25) is 0 Å². The van der Waals surface area contributed by atoms with Crippen molar-refractivity contribution >= 4 is 0 Å². The number of hydrogen-bond donors (Lipinski definition) is 0. The Morgan fingerprint density at radius 1 is 0.686 bits per heavy atom. The Morgan fingerprint density at radius 2 is 1.14 bits per heavy atom. The molecule has 3 nitrogen and oxygen atoms in total. The minimum absolute atomic E-state index is 0.0883. The Kier molecular flexibility index (Phi) is 7.34. The summed E-state index contributed by atoms with van der Waals surface area (Å²) in [5, 5.41) is 0. The van der Waals surface area contributed by atoms with Crippen LogP contribution < -0.4 is 0 Å². The zero-order chi connectivity index (χ0) is 23.9. The van der Waals surface area contributed by atoms with Crippen LogP contribution in [0.4, 0.5) is 4.39 Å². The summed E-state index contributed by atoms with van der Waals surface area (Å²) in [4.78, 5) is 0. The lowest BCUT2D eigenvalue weighted by Gasteiger charge is -2.36. The Labute approximate surface area is 206 Å². The molecule has 0 amide bonds. The predicted molar refractivity (Wildman–Crippen MR) is 135 cm³/mol. The summed E-state index contributed by atoms with van der Waals surface area (Å²) in [5.41, 5.74) is 3.03. The Balaban J connectivity index is 1.40. The maximum atomic E-state index is 15.4. The molecule has 1 aliphatic rings. The first-order chi connectivity index (χ1) is 17.3. The highest BCUT2D eigenvalue weighted by Gasteiger charge is 2.43. The standard InChI is InChI=1S/C31H29FO3/c32-30-28(33-21-24-13-5-1-6-14-24)22-34-29(30)23-35-31(25-15-7-2-8-16-25,26-17-9-3-10-18-26)27-19-11-4-12-20-27/h1-20,28-30H,21-23H2/t28-,29-,30+/m1/s1. The van der Waals surface area contributed by atoms with Crippen LogP contribution in [-0.4, -0.2) is 31.6 Å². The molecule has 0 spiro atoms. The molecule has 0 N–H and O–H groups in total. The monoisotopic (exact) mass is 468 g/mol. The molecule has 1 heterocycles. The predicted octanol–water partition coefficient (Wildman–Crippen LogP) is 6.32. The van der Waals surface area contributed by atoms with Gasteiger partial charge in [-0.1, -0.05) is 121 Å². The average molecular weight is 469 g/mol. The minimum Gasteiger partial charge on any atom is -0.370 e. The second-order valence-corrected chi connectivity index (χ2v) is 8.74. The van der Waals surface area contributed by atoms with Crippen LogP contribution in [0.5, 0.6) is 0 Å². The Hall–Kier alpha value is -3.31. The SMILES string of the molecule is F[C@H]1[C@H](OCc2ccccc2)CO[C@@H]1COC(c1ccccc1)(c1ccccc1)c1ccccc1. The highest BCUT2D eigenvalue weighted by molar-refractivity contribution is 5.47. The van der Waals surface area contributed by atoms with Gasteiger partial charge in [-0.2, -0.15) is 0 Å². The first kappa shape index (κ1) is 23.4. The van der Waals surface area contributed by atoms with Crippen molar-refractivity contribution in [1.29, 1.82) is 0 Å². The van der Waals surface area contributed by atoms with Crippen molar-refractivity contribution in [2.75, 3.05) is 13.2 Å². The third-order valence-corrected chi connectivity index (χ3v) is 6.50. The molecule has 4 aromatic carbocycles. The first-order valence-corrected chi connectivity index (χ1v) is 12.0. The number of benzene rings is 4. The van der Waals surface area contributed by atoms with Gasteiger partial charge in [0, 0.05) is 0 Å². The van der Waals surface area contributed by atoms with E-state index in [-0.39, 0.29) is 13.2 Å². The van der Waals surface area contributed by atoms with Crippen molar-refractivity contribution < 1.29 is 18.6 Å². The summed E-state index contributed by atoms with van der Waals surface area (Å²) >= 11 is 0. The lowest BCUT2D eigenvalue weighted by Crippen LogP contribution is -2.38. The fraction of sp³-hybridized carbons (Fsp3) is 0.226. The van der Waals surface area contributed by atoms with Crippen LogP contribution >= 0.6 is 0 Å². The van der Waals surface area contributed by atoms with Crippen LogP contribution in [-0.2, 0) is 26.4 Å². The fourth-order valence-electron chi connectivity index (χ4n) is 4.67. The van der Waals surface area contributed by atoms with E-state index in [1.807, 2.05) is 121 Å². The van der Waals surface area contributed by atoms with E-state index in [1.165, 1.54) is 0 Å². The molecule has 0 bridgehead atoms. The lowest BCUT2D eigenvalue weighted by molar-refractivity contribution is -0.0599. The van der Waals surface area contributed by atoms with Crippen molar-refractivity contribution in [1.82, 2.24) is 0 Å². The van der Waals surface area contributed by atoms with E-state index < -0.39 is 24.0 Å². The number of ether oxygens (including phenoxy) is 3. The van der Waals surface area contributed by atoms with E-state index in [4.69, 9.17) is 14.2 Å². The van der Waals surface area contributed by atoms with Crippen molar-refractivity contribution in [3.8, 4) is 0 Å². The molecular weight excluding hydrogens is 439 g/mol. The van der Waals surface area contributed by atoms with Crippen molar-refractivity contribution in [3.05, 3.63) is 144 Å². The van der Waals surface area contributed by atoms with Crippen LogP contribution in [0.1, 0.15) is 22.3 Å². The van der Waals surface area contributed by atoms with Gasteiger partial charge in [0.25, 0.3) is 0 Å². The molecule has 178 valence electrons. The van der Waals surface area contributed by atoms with Crippen LogP contribution in [0, 0.1) is 0 Å². The summed E-state index contributed by atoms with van der Waals surface area (Å²) in [7, 11) is 0. The molecule has 5 rings (SSSR count). The van der Waals surface area contributed by atoms with Crippen LogP contribution in [0.25, 0.3) is 0 Å². The molecule has 1 saturated heterocycles. The largest absolute Gasteiger partial charge is 0.370 e. The second-order valence-electron chi connectivity index (χ2n) is 8.74. The molecule has 3 atom stereocenters. The third kappa shape index (κ3) is 5.06. The zero-order valence-corrected chi connectivity index (χ0v) is 19.5. The lowest BCUT2D eigenvalue weighted by atomic mass is 9.80. The molecular formula is C31H29FO3. The van der Waals surface area contributed by atoms with E-state index in [2.05, 4.69) is 0 Å². The fourth-order valence-corrected chi connectivity index (χ4v) is 4.67. The van der Waals surface area contributed by atoms with Crippen LogP contribution in [0.15, 0.2) is 121 Å². The van der Waals surface area contributed by atoms with Crippen molar-refractivity contribution in [3.63, 3.8) is 0 Å². The number of hydrogen-bond acceptors (Lipinski definition) is 3. The van der Waals surface area contributed by atoms with Gasteiger partial charge in [0.15, 0.2) is 6.17 Å². The first-order valence-electron chi connectivity index (χ1n) is 12.0.